The molecule has 0 atom stereocenters. The molecule has 0 aliphatic carbocycles. The van der Waals surface area contributed by atoms with E-state index in [9.17, 15) is 0 Å². The van der Waals surface area contributed by atoms with Gasteiger partial charge in [0.2, 0.25) is 5.95 Å². The monoisotopic (exact) mass is 414 g/mol. The first kappa shape index (κ1) is 21.0. The summed E-state index contributed by atoms with van der Waals surface area (Å²) in [6.45, 7) is 14.0. The molecule has 0 spiro atoms. The average Bonchev–Trinajstić information content (AvgIpc) is 3.04. The van der Waals surface area contributed by atoms with Gasteiger partial charge in [0.05, 0.1) is 22.3 Å². The number of pyridine rings is 1. The van der Waals surface area contributed by atoms with E-state index in [1.54, 1.807) is 0 Å². The average molecular weight is 415 g/mol. The lowest BCUT2D eigenvalue weighted by molar-refractivity contribution is -0.497. The van der Waals surface area contributed by atoms with Gasteiger partial charge in [-0.2, -0.15) is 0 Å². The molecule has 1 aromatic carbocycles. The number of imidazole rings is 1. The van der Waals surface area contributed by atoms with Gasteiger partial charge in [0.15, 0.2) is 5.71 Å². The van der Waals surface area contributed by atoms with Gasteiger partial charge in [0.25, 0.3) is 0 Å². The third kappa shape index (κ3) is 3.92. The topological polar surface area (TPSA) is 45.8 Å². The zero-order valence-corrected chi connectivity index (χ0v) is 19.5. The molecule has 0 saturated carbocycles. The molecule has 0 amide bonds. The Morgan fingerprint density at radius 1 is 1.16 bits per heavy atom. The predicted molar refractivity (Wildman–Crippen MR) is 131 cm³/mol. The maximum Gasteiger partial charge on any atom is 0.208 e. The van der Waals surface area contributed by atoms with E-state index < -0.39 is 0 Å². The maximum absolute atomic E-state index is 4.90. The predicted octanol–water partition coefficient (Wildman–Crippen LogP) is 5.34. The van der Waals surface area contributed by atoms with E-state index >= 15 is 0 Å². The van der Waals surface area contributed by atoms with Crippen LogP contribution in [0.15, 0.2) is 42.5 Å². The first-order valence-electron chi connectivity index (χ1n) is 10.9. The quantitative estimate of drug-likeness (QED) is 0.573. The number of hydrogen-bond acceptors (Lipinski definition) is 3. The summed E-state index contributed by atoms with van der Waals surface area (Å²) in [5.74, 6) is 0.787. The Morgan fingerprint density at radius 2 is 1.94 bits per heavy atom. The van der Waals surface area contributed by atoms with E-state index in [4.69, 9.17) is 9.97 Å². The van der Waals surface area contributed by atoms with Crippen LogP contribution in [0.4, 0.5) is 5.95 Å². The smallest absolute Gasteiger partial charge is 0.208 e. The molecule has 3 heterocycles. The van der Waals surface area contributed by atoms with Crippen LogP contribution in [-0.2, 0) is 7.05 Å². The summed E-state index contributed by atoms with van der Waals surface area (Å²) in [5, 5.41) is 3.43. The van der Waals surface area contributed by atoms with Crippen LogP contribution in [0.1, 0.15) is 49.2 Å². The molecule has 1 N–H and O–H groups in total. The molecule has 4 rings (SSSR count). The molecule has 0 radical (unpaired) electrons. The van der Waals surface area contributed by atoms with E-state index in [-0.39, 0.29) is 0 Å². The second-order valence-corrected chi connectivity index (χ2v) is 8.56. The number of anilines is 1. The van der Waals surface area contributed by atoms with Gasteiger partial charge in [-0.3, -0.25) is 4.98 Å². The van der Waals surface area contributed by atoms with E-state index in [2.05, 4.69) is 79.2 Å². The van der Waals surface area contributed by atoms with Crippen molar-refractivity contribution >= 4 is 34.0 Å². The number of hydrogen-bond donors (Lipinski definition) is 1. The number of allylic oxidation sites excluding steroid dienone is 1. The molecule has 0 unspecified atom stereocenters. The lowest BCUT2D eigenvalue weighted by atomic mass is 9.92. The summed E-state index contributed by atoms with van der Waals surface area (Å²) in [4.78, 5) is 9.65. The highest BCUT2D eigenvalue weighted by atomic mass is 15.2. The summed E-state index contributed by atoms with van der Waals surface area (Å²) in [6.07, 6.45) is 2.13. The SMILES string of the molecule is C=C(Nc1nc2ccc(C)cc2n1C)c1cc(C)nc(C2=C(CC)CC[N+](C)=C2C)c1. The Bertz CT molecular complexity index is 1260. The molecule has 2 aromatic heterocycles. The van der Waals surface area contributed by atoms with Gasteiger partial charge < -0.3 is 9.88 Å². The number of fused-ring (bicyclic) bond motifs is 1. The Labute approximate surface area is 184 Å². The van der Waals surface area contributed by atoms with Gasteiger partial charge in [-0.15, -0.1) is 0 Å². The molecule has 3 aromatic rings. The van der Waals surface area contributed by atoms with Gasteiger partial charge in [-0.05, 0) is 55.7 Å². The minimum Gasteiger partial charge on any atom is -0.326 e. The summed E-state index contributed by atoms with van der Waals surface area (Å²) in [6, 6.07) is 10.5. The molecule has 31 heavy (non-hydrogen) atoms. The van der Waals surface area contributed by atoms with Gasteiger partial charge >= 0.3 is 0 Å². The first-order chi connectivity index (χ1) is 14.8. The van der Waals surface area contributed by atoms with Crippen molar-refractivity contribution in [1.29, 1.82) is 0 Å². The Kier molecular flexibility index (Phi) is 5.52. The second-order valence-electron chi connectivity index (χ2n) is 8.56. The van der Waals surface area contributed by atoms with Crippen molar-refractivity contribution in [2.24, 2.45) is 7.05 Å². The zero-order valence-electron chi connectivity index (χ0n) is 19.5. The molecule has 0 fully saturated rings. The highest BCUT2D eigenvalue weighted by Crippen LogP contribution is 2.29. The highest BCUT2D eigenvalue weighted by Gasteiger charge is 2.24. The second kappa shape index (κ2) is 8.14. The Hall–Kier alpha value is -3.21. The van der Waals surface area contributed by atoms with Gasteiger partial charge in [-0.25, -0.2) is 9.56 Å². The molecular weight excluding hydrogens is 382 g/mol. The van der Waals surface area contributed by atoms with Crippen LogP contribution in [0.25, 0.3) is 22.3 Å². The fraction of sp³-hybridized carbons (Fsp3) is 0.346. The molecule has 0 bridgehead atoms. The van der Waals surface area contributed by atoms with E-state index in [1.807, 2.05) is 14.0 Å². The summed E-state index contributed by atoms with van der Waals surface area (Å²) in [7, 11) is 4.19. The fourth-order valence-electron chi connectivity index (χ4n) is 4.35. The van der Waals surface area contributed by atoms with Crippen LogP contribution in [0.5, 0.6) is 0 Å². The number of nitrogens with one attached hydrogen (secondary N) is 1. The van der Waals surface area contributed by atoms with E-state index in [0.717, 1.165) is 59.0 Å². The molecule has 1 aliphatic heterocycles. The lowest BCUT2D eigenvalue weighted by Crippen LogP contribution is -2.24. The van der Waals surface area contributed by atoms with Gasteiger partial charge in [0.1, 0.15) is 13.6 Å². The van der Waals surface area contributed by atoms with Crippen molar-refractivity contribution in [3.8, 4) is 0 Å². The van der Waals surface area contributed by atoms with Crippen molar-refractivity contribution < 1.29 is 4.58 Å². The Morgan fingerprint density at radius 3 is 2.68 bits per heavy atom. The van der Waals surface area contributed by atoms with E-state index in [1.165, 1.54) is 22.4 Å². The number of aryl methyl sites for hydroxylation is 3. The Balaban J connectivity index is 1.71. The van der Waals surface area contributed by atoms with Crippen LogP contribution in [0.2, 0.25) is 0 Å². The minimum atomic E-state index is 0.787. The van der Waals surface area contributed by atoms with Gasteiger partial charge in [-0.1, -0.05) is 19.6 Å². The first-order valence-corrected chi connectivity index (χ1v) is 10.9. The fourth-order valence-corrected chi connectivity index (χ4v) is 4.35. The molecule has 0 saturated heterocycles. The van der Waals surface area contributed by atoms with Crippen LogP contribution < -0.4 is 5.32 Å². The lowest BCUT2D eigenvalue weighted by Gasteiger charge is -2.19. The normalized spacial score (nSPS) is 14.5. The van der Waals surface area contributed by atoms with Crippen LogP contribution >= 0.6 is 0 Å². The standard InChI is InChI=1S/C26H32N5/c1-8-20-11-12-30(6)19(5)25(20)23-15-21(14-17(3)27-23)18(4)28-26-29-22-10-9-16(2)13-24(22)31(26)7/h9-10,13-15H,4,8,11-12H2,1-3,5-7H3,(H,28,29)/q+1. The van der Waals surface area contributed by atoms with Crippen molar-refractivity contribution in [3.63, 3.8) is 0 Å². The maximum atomic E-state index is 4.90. The highest BCUT2D eigenvalue weighted by molar-refractivity contribution is 6.21. The molecule has 1 aliphatic rings. The summed E-state index contributed by atoms with van der Waals surface area (Å²) in [5.41, 5.74) is 11.2. The molecular formula is C26H32N5+. The van der Waals surface area contributed by atoms with Gasteiger partial charge in [0, 0.05) is 37.3 Å². The largest absolute Gasteiger partial charge is 0.326 e. The minimum absolute atomic E-state index is 0.787. The van der Waals surface area contributed by atoms with Crippen molar-refractivity contribution in [1.82, 2.24) is 14.5 Å². The van der Waals surface area contributed by atoms with Crippen molar-refractivity contribution in [3.05, 3.63) is 65.0 Å². The number of rotatable bonds is 5. The molecule has 5 heteroatoms. The summed E-state index contributed by atoms with van der Waals surface area (Å²) >= 11 is 0. The van der Waals surface area contributed by atoms with Crippen molar-refractivity contribution in [2.75, 3.05) is 18.9 Å². The zero-order chi connectivity index (χ0) is 22.3. The van der Waals surface area contributed by atoms with Crippen molar-refractivity contribution in [2.45, 2.75) is 40.5 Å². The number of nitrogens with zero attached hydrogens (tertiary/aromatic N) is 4. The van der Waals surface area contributed by atoms with E-state index in [0.29, 0.717) is 0 Å². The third-order valence-electron chi connectivity index (χ3n) is 6.32. The van der Waals surface area contributed by atoms with Crippen LogP contribution in [0.3, 0.4) is 0 Å². The number of benzene rings is 1. The van der Waals surface area contributed by atoms with Crippen LogP contribution in [-0.4, -0.2) is 38.4 Å². The number of aromatic nitrogens is 3. The molecule has 5 nitrogen and oxygen atoms in total. The van der Waals surface area contributed by atoms with Crippen LogP contribution in [0, 0.1) is 13.8 Å². The third-order valence-corrected chi connectivity index (χ3v) is 6.32. The summed E-state index contributed by atoms with van der Waals surface area (Å²) < 4.78 is 4.40. The molecule has 160 valence electrons.